The molecular weight excluding hydrogens is 244 g/mol. The molecule has 1 nitrogen and oxygen atoms in total. The highest BCUT2D eigenvalue weighted by atomic mass is 16.1. The van der Waals surface area contributed by atoms with Crippen LogP contribution in [-0.2, 0) is 4.79 Å². The van der Waals surface area contributed by atoms with Gasteiger partial charge in [0.1, 0.15) is 0 Å². The van der Waals surface area contributed by atoms with Crippen molar-refractivity contribution in [1.29, 1.82) is 0 Å². The first-order valence-corrected chi connectivity index (χ1v) is 6.86. The number of fused-ring (bicyclic) bond motifs is 1. The van der Waals surface area contributed by atoms with E-state index in [0.29, 0.717) is 6.42 Å². The standard InChI is InChI=1S/C19H16O/c20-18(13-10-15-6-2-1-3-7-15)14-17-12-11-16-8-4-5-9-19(16)17/h1-13,17H,14H2. The smallest absolute Gasteiger partial charge is 0.156 e. The van der Waals surface area contributed by atoms with E-state index in [4.69, 9.17) is 0 Å². The maximum absolute atomic E-state index is 12.1. The van der Waals surface area contributed by atoms with E-state index in [9.17, 15) is 4.79 Å². The zero-order valence-corrected chi connectivity index (χ0v) is 11.2. The molecule has 98 valence electrons. The van der Waals surface area contributed by atoms with Gasteiger partial charge in [0.15, 0.2) is 5.78 Å². The van der Waals surface area contributed by atoms with Crippen LogP contribution < -0.4 is 0 Å². The quantitative estimate of drug-likeness (QED) is 0.741. The van der Waals surface area contributed by atoms with Crippen molar-refractivity contribution in [3.05, 3.63) is 83.4 Å². The average Bonchev–Trinajstić information content (AvgIpc) is 2.90. The summed E-state index contributed by atoms with van der Waals surface area (Å²) < 4.78 is 0. The van der Waals surface area contributed by atoms with Crippen molar-refractivity contribution in [3.63, 3.8) is 0 Å². The number of hydrogen-bond donors (Lipinski definition) is 0. The van der Waals surface area contributed by atoms with Crippen LogP contribution in [0.1, 0.15) is 29.0 Å². The van der Waals surface area contributed by atoms with Crippen molar-refractivity contribution in [1.82, 2.24) is 0 Å². The summed E-state index contributed by atoms with van der Waals surface area (Å²) in [5.41, 5.74) is 3.55. The number of allylic oxidation sites excluding steroid dienone is 2. The maximum Gasteiger partial charge on any atom is 0.156 e. The fraction of sp³-hybridized carbons (Fsp3) is 0.105. The lowest BCUT2D eigenvalue weighted by molar-refractivity contribution is -0.114. The molecular formula is C19H16O. The second kappa shape index (κ2) is 5.70. The van der Waals surface area contributed by atoms with Crippen LogP contribution in [0.25, 0.3) is 12.2 Å². The Labute approximate surface area is 119 Å². The first kappa shape index (κ1) is 12.6. The van der Waals surface area contributed by atoms with Gasteiger partial charge in [-0.1, -0.05) is 72.8 Å². The zero-order valence-electron chi connectivity index (χ0n) is 11.2. The highest BCUT2D eigenvalue weighted by Gasteiger charge is 2.18. The molecule has 0 radical (unpaired) electrons. The molecule has 2 aromatic carbocycles. The third kappa shape index (κ3) is 2.77. The highest BCUT2D eigenvalue weighted by Crippen LogP contribution is 2.32. The van der Waals surface area contributed by atoms with E-state index in [1.54, 1.807) is 6.08 Å². The molecule has 0 bridgehead atoms. The lowest BCUT2D eigenvalue weighted by Crippen LogP contribution is -2.01. The molecule has 1 aliphatic rings. The predicted molar refractivity (Wildman–Crippen MR) is 83.3 cm³/mol. The SMILES string of the molecule is O=C(C=Cc1ccccc1)CC1C=Cc2ccccc21. The molecule has 0 saturated carbocycles. The lowest BCUT2D eigenvalue weighted by atomic mass is 9.95. The van der Waals surface area contributed by atoms with Crippen molar-refractivity contribution < 1.29 is 4.79 Å². The van der Waals surface area contributed by atoms with Gasteiger partial charge in [0.25, 0.3) is 0 Å². The summed E-state index contributed by atoms with van der Waals surface area (Å²) in [4.78, 5) is 12.1. The second-order valence-corrected chi connectivity index (χ2v) is 5.01. The summed E-state index contributed by atoms with van der Waals surface area (Å²) in [5.74, 6) is 0.388. The van der Waals surface area contributed by atoms with Crippen LogP contribution in [0.4, 0.5) is 0 Å². The molecule has 1 atom stereocenters. The Morgan fingerprint density at radius 2 is 1.75 bits per heavy atom. The van der Waals surface area contributed by atoms with Gasteiger partial charge in [-0.2, -0.15) is 0 Å². The molecule has 3 rings (SSSR count). The minimum absolute atomic E-state index is 0.167. The first-order valence-electron chi connectivity index (χ1n) is 6.86. The molecule has 1 unspecified atom stereocenters. The topological polar surface area (TPSA) is 17.1 Å². The van der Waals surface area contributed by atoms with Crippen molar-refractivity contribution in [2.24, 2.45) is 0 Å². The first-order chi connectivity index (χ1) is 9.83. The van der Waals surface area contributed by atoms with E-state index in [1.807, 2.05) is 48.5 Å². The number of ketones is 1. The van der Waals surface area contributed by atoms with Gasteiger partial charge in [-0.15, -0.1) is 0 Å². The van der Waals surface area contributed by atoms with Gasteiger partial charge in [-0.25, -0.2) is 0 Å². The highest BCUT2D eigenvalue weighted by molar-refractivity contribution is 5.94. The molecule has 0 heterocycles. The zero-order chi connectivity index (χ0) is 13.8. The third-order valence-corrected chi connectivity index (χ3v) is 3.59. The number of benzene rings is 2. The van der Waals surface area contributed by atoms with Gasteiger partial charge in [0.05, 0.1) is 0 Å². The molecule has 2 aromatic rings. The van der Waals surface area contributed by atoms with Gasteiger partial charge in [0.2, 0.25) is 0 Å². The fourth-order valence-electron chi connectivity index (χ4n) is 2.54. The van der Waals surface area contributed by atoms with Gasteiger partial charge >= 0.3 is 0 Å². The van der Waals surface area contributed by atoms with Crippen LogP contribution in [0.5, 0.6) is 0 Å². The Morgan fingerprint density at radius 1 is 1.00 bits per heavy atom. The molecule has 0 N–H and O–H groups in total. The van der Waals surface area contributed by atoms with Crippen LogP contribution in [-0.4, -0.2) is 5.78 Å². The Bertz CT molecular complexity index is 665. The van der Waals surface area contributed by atoms with E-state index >= 15 is 0 Å². The summed E-state index contributed by atoms with van der Waals surface area (Å²) >= 11 is 0. The normalized spacial score (nSPS) is 16.5. The minimum atomic E-state index is 0.167. The van der Waals surface area contributed by atoms with E-state index in [-0.39, 0.29) is 11.7 Å². The molecule has 1 aliphatic carbocycles. The van der Waals surface area contributed by atoms with Crippen LogP contribution in [0.2, 0.25) is 0 Å². The molecule has 0 amide bonds. The molecule has 1 heteroatoms. The molecule has 20 heavy (non-hydrogen) atoms. The Morgan fingerprint density at radius 3 is 2.60 bits per heavy atom. The lowest BCUT2D eigenvalue weighted by Gasteiger charge is -2.08. The Balaban J connectivity index is 1.66. The summed E-state index contributed by atoms with van der Waals surface area (Å²) in [6.07, 6.45) is 8.33. The number of carbonyl (C=O) groups excluding carboxylic acids is 1. The van der Waals surface area contributed by atoms with E-state index in [0.717, 1.165) is 5.56 Å². The van der Waals surface area contributed by atoms with E-state index < -0.39 is 0 Å². The summed E-state index contributed by atoms with van der Waals surface area (Å²) in [7, 11) is 0. The summed E-state index contributed by atoms with van der Waals surface area (Å²) in [5, 5.41) is 0. The Kier molecular flexibility index (Phi) is 3.60. The fourth-order valence-corrected chi connectivity index (χ4v) is 2.54. The van der Waals surface area contributed by atoms with E-state index in [2.05, 4.69) is 24.3 Å². The Hall–Kier alpha value is -2.41. The average molecular weight is 260 g/mol. The number of hydrogen-bond acceptors (Lipinski definition) is 1. The van der Waals surface area contributed by atoms with Gasteiger partial charge in [0, 0.05) is 12.3 Å². The predicted octanol–water partition coefficient (Wildman–Crippen LogP) is 4.47. The number of rotatable bonds is 4. The minimum Gasteiger partial charge on any atom is -0.295 e. The molecule has 0 fully saturated rings. The van der Waals surface area contributed by atoms with Crippen molar-refractivity contribution in [3.8, 4) is 0 Å². The maximum atomic E-state index is 12.1. The van der Waals surface area contributed by atoms with Crippen molar-refractivity contribution in [2.45, 2.75) is 12.3 Å². The molecule has 0 aliphatic heterocycles. The molecule has 0 aromatic heterocycles. The second-order valence-electron chi connectivity index (χ2n) is 5.01. The van der Waals surface area contributed by atoms with Crippen LogP contribution in [0.3, 0.4) is 0 Å². The summed E-state index contributed by atoms with van der Waals surface area (Å²) in [6.45, 7) is 0. The van der Waals surface area contributed by atoms with Crippen molar-refractivity contribution >= 4 is 17.9 Å². The van der Waals surface area contributed by atoms with Crippen LogP contribution in [0, 0.1) is 0 Å². The molecule has 0 spiro atoms. The number of carbonyl (C=O) groups is 1. The van der Waals surface area contributed by atoms with Gasteiger partial charge in [-0.05, 0) is 22.8 Å². The van der Waals surface area contributed by atoms with Gasteiger partial charge in [-0.3, -0.25) is 4.79 Å². The van der Waals surface area contributed by atoms with Crippen molar-refractivity contribution in [2.75, 3.05) is 0 Å². The summed E-state index contributed by atoms with van der Waals surface area (Å²) in [6, 6.07) is 18.2. The van der Waals surface area contributed by atoms with Gasteiger partial charge < -0.3 is 0 Å². The third-order valence-electron chi connectivity index (χ3n) is 3.59. The molecule has 0 saturated heterocycles. The van der Waals surface area contributed by atoms with Crippen LogP contribution in [0.15, 0.2) is 66.7 Å². The largest absolute Gasteiger partial charge is 0.295 e. The van der Waals surface area contributed by atoms with E-state index in [1.165, 1.54) is 11.1 Å². The van der Waals surface area contributed by atoms with Crippen LogP contribution >= 0.6 is 0 Å². The monoisotopic (exact) mass is 260 g/mol.